The number of thioether (sulfide) groups is 1. The van der Waals surface area contributed by atoms with Crippen molar-refractivity contribution in [2.24, 2.45) is 0 Å². The Morgan fingerprint density at radius 3 is 2.65 bits per heavy atom. The van der Waals surface area contributed by atoms with Crippen molar-refractivity contribution < 1.29 is 14.3 Å². The highest BCUT2D eigenvalue weighted by Gasteiger charge is 2.11. The highest BCUT2D eigenvalue weighted by Crippen LogP contribution is 2.19. The number of hydrogen-bond acceptors (Lipinski definition) is 6. The van der Waals surface area contributed by atoms with Crippen molar-refractivity contribution in [3.63, 3.8) is 0 Å². The summed E-state index contributed by atoms with van der Waals surface area (Å²) in [7, 11) is 0. The van der Waals surface area contributed by atoms with Crippen LogP contribution in [0.5, 0.6) is 0 Å². The van der Waals surface area contributed by atoms with Crippen LogP contribution in [0.4, 0.5) is 5.69 Å². The number of carbonyl (C=O) groups is 2. The fourth-order valence-corrected chi connectivity index (χ4v) is 2.94. The fourth-order valence-electron chi connectivity index (χ4n) is 2.10. The lowest BCUT2D eigenvalue weighted by Crippen LogP contribution is -2.15. The maximum Gasteiger partial charge on any atom is 0.338 e. The van der Waals surface area contributed by atoms with Gasteiger partial charge in [0.15, 0.2) is 5.16 Å². The van der Waals surface area contributed by atoms with Crippen LogP contribution in [0.2, 0.25) is 0 Å². The summed E-state index contributed by atoms with van der Waals surface area (Å²) in [6.07, 6.45) is 3.48. The molecule has 0 fully saturated rings. The number of hydrogen-bond donors (Lipinski definition) is 1. The van der Waals surface area contributed by atoms with Crippen LogP contribution in [0.1, 0.15) is 50.0 Å². The summed E-state index contributed by atoms with van der Waals surface area (Å²) in [5.74, 6) is -0.266. The second-order valence-corrected chi connectivity index (χ2v) is 6.96. The van der Waals surface area contributed by atoms with Crippen LogP contribution in [0.3, 0.4) is 0 Å². The molecule has 1 aromatic carbocycles. The Bertz CT molecular complexity index is 728. The lowest BCUT2D eigenvalue weighted by Gasteiger charge is -2.09. The van der Waals surface area contributed by atoms with Gasteiger partial charge in [-0.15, -0.1) is 10.2 Å². The molecular formula is C18H24N4O3S. The minimum absolute atomic E-state index is 0.147. The lowest BCUT2D eigenvalue weighted by molar-refractivity contribution is -0.113. The van der Waals surface area contributed by atoms with Gasteiger partial charge in [0.1, 0.15) is 6.33 Å². The first-order chi connectivity index (χ1) is 12.5. The molecule has 0 saturated carbocycles. The van der Waals surface area contributed by atoms with Gasteiger partial charge in [0.05, 0.1) is 17.9 Å². The van der Waals surface area contributed by atoms with E-state index in [1.54, 1.807) is 30.6 Å². The van der Waals surface area contributed by atoms with E-state index in [0.29, 0.717) is 23.0 Å². The molecule has 0 aliphatic heterocycles. The Hall–Kier alpha value is -2.35. The van der Waals surface area contributed by atoms with Crippen LogP contribution in [0.25, 0.3) is 0 Å². The van der Waals surface area contributed by atoms with Crippen molar-refractivity contribution in [3.05, 3.63) is 36.2 Å². The molecule has 2 rings (SSSR count). The predicted molar refractivity (Wildman–Crippen MR) is 101 cm³/mol. The highest BCUT2D eigenvalue weighted by molar-refractivity contribution is 7.99. The van der Waals surface area contributed by atoms with Crippen LogP contribution in [0.15, 0.2) is 35.7 Å². The van der Waals surface area contributed by atoms with Gasteiger partial charge in [0.2, 0.25) is 5.91 Å². The summed E-state index contributed by atoms with van der Waals surface area (Å²) in [5, 5.41) is 11.4. The van der Waals surface area contributed by atoms with E-state index in [0.717, 1.165) is 12.8 Å². The number of benzene rings is 1. The minimum atomic E-state index is -0.347. The van der Waals surface area contributed by atoms with Gasteiger partial charge in [-0.1, -0.05) is 25.1 Å². The molecule has 0 aliphatic rings. The predicted octanol–water partition coefficient (Wildman–Crippen LogP) is 3.55. The molecule has 0 aliphatic carbocycles. The molecule has 1 heterocycles. The quantitative estimate of drug-likeness (QED) is 0.409. The molecular weight excluding hydrogens is 352 g/mol. The van der Waals surface area contributed by atoms with E-state index in [1.807, 2.05) is 25.3 Å². The number of anilines is 1. The van der Waals surface area contributed by atoms with Gasteiger partial charge in [-0.25, -0.2) is 4.79 Å². The van der Waals surface area contributed by atoms with Crippen molar-refractivity contribution in [1.29, 1.82) is 0 Å². The Morgan fingerprint density at radius 1 is 1.27 bits per heavy atom. The van der Waals surface area contributed by atoms with E-state index in [-0.39, 0.29) is 23.7 Å². The minimum Gasteiger partial charge on any atom is -0.462 e. The summed E-state index contributed by atoms with van der Waals surface area (Å²) in [6, 6.07) is 6.91. The zero-order valence-corrected chi connectivity index (χ0v) is 16.1. The molecule has 2 aromatic rings. The normalized spacial score (nSPS) is 10.8. The molecule has 140 valence electrons. The molecule has 0 radical (unpaired) electrons. The largest absolute Gasteiger partial charge is 0.462 e. The third kappa shape index (κ3) is 5.87. The number of nitrogens with one attached hydrogen (secondary N) is 1. The van der Waals surface area contributed by atoms with E-state index in [9.17, 15) is 9.59 Å². The number of carbonyl (C=O) groups excluding carboxylic acids is 2. The summed E-state index contributed by atoms with van der Waals surface area (Å²) in [4.78, 5) is 23.9. The van der Waals surface area contributed by atoms with Crippen LogP contribution < -0.4 is 5.32 Å². The molecule has 7 nitrogen and oxygen atoms in total. The Kier molecular flexibility index (Phi) is 7.65. The topological polar surface area (TPSA) is 86.1 Å². The second kappa shape index (κ2) is 9.96. The first kappa shape index (κ1) is 20.0. The van der Waals surface area contributed by atoms with E-state index in [2.05, 4.69) is 15.5 Å². The molecule has 0 saturated heterocycles. The fraction of sp³-hybridized carbons (Fsp3) is 0.444. The van der Waals surface area contributed by atoms with Gasteiger partial charge in [-0.05, 0) is 44.5 Å². The van der Waals surface area contributed by atoms with Gasteiger partial charge in [-0.3, -0.25) is 4.79 Å². The first-order valence-electron chi connectivity index (χ1n) is 8.60. The first-order valence-corrected chi connectivity index (χ1v) is 9.59. The number of aromatic nitrogens is 3. The Balaban J connectivity index is 1.83. The van der Waals surface area contributed by atoms with Crippen molar-refractivity contribution in [2.45, 2.75) is 44.8 Å². The van der Waals surface area contributed by atoms with Crippen molar-refractivity contribution >= 4 is 29.3 Å². The summed E-state index contributed by atoms with van der Waals surface area (Å²) >= 11 is 1.33. The van der Waals surface area contributed by atoms with Gasteiger partial charge < -0.3 is 14.6 Å². The number of rotatable bonds is 9. The van der Waals surface area contributed by atoms with Gasteiger partial charge in [0, 0.05) is 11.7 Å². The third-order valence-electron chi connectivity index (χ3n) is 3.56. The van der Waals surface area contributed by atoms with Crippen molar-refractivity contribution in [3.8, 4) is 0 Å². The summed E-state index contributed by atoms with van der Waals surface area (Å²) < 4.78 is 7.07. The van der Waals surface area contributed by atoms with Gasteiger partial charge >= 0.3 is 5.97 Å². The van der Waals surface area contributed by atoms with Crippen LogP contribution in [0, 0.1) is 0 Å². The van der Waals surface area contributed by atoms with E-state index in [4.69, 9.17) is 4.74 Å². The van der Waals surface area contributed by atoms with Crippen LogP contribution >= 0.6 is 11.8 Å². The zero-order valence-electron chi connectivity index (χ0n) is 15.3. The van der Waals surface area contributed by atoms with Crippen molar-refractivity contribution in [1.82, 2.24) is 14.8 Å². The lowest BCUT2D eigenvalue weighted by atomic mass is 10.2. The summed E-state index contributed by atoms with van der Waals surface area (Å²) in [5.41, 5.74) is 1.10. The molecule has 1 aromatic heterocycles. The maximum absolute atomic E-state index is 12.1. The molecule has 0 spiro atoms. The average Bonchev–Trinajstić information content (AvgIpc) is 3.09. The van der Waals surface area contributed by atoms with Crippen LogP contribution in [-0.4, -0.2) is 39.0 Å². The molecule has 0 unspecified atom stereocenters. The number of amides is 1. The molecule has 0 bridgehead atoms. The number of esters is 1. The SMILES string of the molecule is CCCCOC(=O)c1ccc(NC(=O)CSc2nncn2C(C)C)cc1. The third-order valence-corrected chi connectivity index (χ3v) is 4.52. The number of unbranched alkanes of at least 4 members (excludes halogenated alkanes) is 1. The highest BCUT2D eigenvalue weighted by atomic mass is 32.2. The van der Waals surface area contributed by atoms with E-state index < -0.39 is 0 Å². The average molecular weight is 376 g/mol. The second-order valence-electron chi connectivity index (χ2n) is 6.02. The molecule has 8 heteroatoms. The molecule has 1 amide bonds. The van der Waals surface area contributed by atoms with Crippen LogP contribution in [-0.2, 0) is 9.53 Å². The summed E-state index contributed by atoms with van der Waals surface area (Å²) in [6.45, 7) is 6.52. The molecule has 26 heavy (non-hydrogen) atoms. The molecule has 1 N–H and O–H groups in total. The van der Waals surface area contributed by atoms with Crippen molar-refractivity contribution in [2.75, 3.05) is 17.7 Å². The molecule has 0 atom stereocenters. The Morgan fingerprint density at radius 2 is 2.00 bits per heavy atom. The maximum atomic E-state index is 12.1. The number of ether oxygens (including phenoxy) is 1. The monoisotopic (exact) mass is 376 g/mol. The Labute approximate surface area is 157 Å². The number of nitrogens with zero attached hydrogens (tertiary/aromatic N) is 3. The van der Waals surface area contributed by atoms with E-state index in [1.165, 1.54) is 11.8 Å². The van der Waals surface area contributed by atoms with Gasteiger partial charge in [0.25, 0.3) is 0 Å². The van der Waals surface area contributed by atoms with Gasteiger partial charge in [-0.2, -0.15) is 0 Å². The zero-order chi connectivity index (χ0) is 18.9. The standard InChI is InChI=1S/C18H24N4O3S/c1-4-5-10-25-17(24)14-6-8-15(9-7-14)20-16(23)11-26-18-21-19-12-22(18)13(2)3/h6-9,12-13H,4-5,10-11H2,1-3H3,(H,20,23). The van der Waals surface area contributed by atoms with E-state index >= 15 is 0 Å². The smallest absolute Gasteiger partial charge is 0.338 e.